The van der Waals surface area contributed by atoms with Crippen LogP contribution in [0.15, 0.2) is 24.3 Å². The van der Waals surface area contributed by atoms with Crippen molar-refractivity contribution >= 4 is 11.5 Å². The van der Waals surface area contributed by atoms with Crippen molar-refractivity contribution in [3.63, 3.8) is 0 Å². The Morgan fingerprint density at radius 2 is 1.88 bits per heavy atom. The predicted octanol–water partition coefficient (Wildman–Crippen LogP) is 0.784. The molecular weight excluding hydrogens is 204 g/mol. The number of carbonyl (C=O) groups excluding carboxylic acids is 1. The number of ketones is 1. The lowest BCUT2D eigenvalue weighted by atomic mass is 10.1. The summed E-state index contributed by atoms with van der Waals surface area (Å²) in [5, 5.41) is 0. The largest absolute Gasteiger partial charge is 0.399 e. The Hall–Kier alpha value is -1.39. The summed E-state index contributed by atoms with van der Waals surface area (Å²) < 4.78 is 5.23. The van der Waals surface area contributed by atoms with Gasteiger partial charge in [0.1, 0.15) is 0 Å². The highest BCUT2D eigenvalue weighted by molar-refractivity contribution is 5.97. The van der Waals surface area contributed by atoms with Gasteiger partial charge in [-0.25, -0.2) is 0 Å². The van der Waals surface area contributed by atoms with E-state index in [0.29, 0.717) is 12.2 Å². The number of nitrogen functional groups attached to an aromatic ring is 1. The maximum Gasteiger partial charge on any atom is 0.176 e. The van der Waals surface area contributed by atoms with Crippen molar-refractivity contribution in [1.29, 1.82) is 0 Å². The lowest BCUT2D eigenvalue weighted by molar-refractivity contribution is 0.0371. The molecule has 86 valence electrons. The van der Waals surface area contributed by atoms with E-state index in [4.69, 9.17) is 10.5 Å². The second kappa shape index (κ2) is 5.09. The fourth-order valence-corrected chi connectivity index (χ4v) is 1.72. The molecule has 2 N–H and O–H groups in total. The first-order valence-corrected chi connectivity index (χ1v) is 5.44. The molecule has 1 aliphatic heterocycles. The number of nitrogens with two attached hydrogens (primary N) is 1. The Morgan fingerprint density at radius 1 is 1.25 bits per heavy atom. The maximum atomic E-state index is 11.9. The van der Waals surface area contributed by atoms with Gasteiger partial charge in [-0.3, -0.25) is 9.69 Å². The van der Waals surface area contributed by atoms with Crippen LogP contribution in [0.4, 0.5) is 5.69 Å². The van der Waals surface area contributed by atoms with Gasteiger partial charge >= 0.3 is 0 Å². The fourth-order valence-electron chi connectivity index (χ4n) is 1.72. The van der Waals surface area contributed by atoms with Gasteiger partial charge in [0.05, 0.1) is 19.8 Å². The molecule has 4 heteroatoms. The quantitative estimate of drug-likeness (QED) is 0.604. The number of benzene rings is 1. The Bertz CT molecular complexity index is 356. The summed E-state index contributed by atoms with van der Waals surface area (Å²) in [7, 11) is 0. The number of hydrogen-bond donors (Lipinski definition) is 1. The monoisotopic (exact) mass is 220 g/mol. The van der Waals surface area contributed by atoms with Gasteiger partial charge in [-0.05, 0) is 24.3 Å². The highest BCUT2D eigenvalue weighted by Crippen LogP contribution is 2.07. The molecule has 2 rings (SSSR count). The van der Waals surface area contributed by atoms with E-state index >= 15 is 0 Å². The van der Waals surface area contributed by atoms with E-state index < -0.39 is 0 Å². The number of anilines is 1. The standard InChI is InChI=1S/C12H16N2O2/c13-11-3-1-10(2-4-11)12(15)9-14-5-7-16-8-6-14/h1-4H,5-9,13H2. The molecule has 0 radical (unpaired) electrons. The lowest BCUT2D eigenvalue weighted by Gasteiger charge is -2.25. The third-order valence-electron chi connectivity index (χ3n) is 2.70. The van der Waals surface area contributed by atoms with Gasteiger partial charge in [-0.1, -0.05) is 0 Å². The van der Waals surface area contributed by atoms with Gasteiger partial charge in [0.25, 0.3) is 0 Å². The zero-order valence-electron chi connectivity index (χ0n) is 9.19. The van der Waals surface area contributed by atoms with Crippen LogP contribution in [0.5, 0.6) is 0 Å². The molecule has 0 aliphatic carbocycles. The molecule has 16 heavy (non-hydrogen) atoms. The van der Waals surface area contributed by atoms with Gasteiger partial charge in [0.2, 0.25) is 0 Å². The minimum Gasteiger partial charge on any atom is -0.399 e. The third-order valence-corrected chi connectivity index (χ3v) is 2.70. The van der Waals surface area contributed by atoms with Crippen molar-refractivity contribution in [2.75, 3.05) is 38.6 Å². The van der Waals surface area contributed by atoms with Crippen LogP contribution in [-0.4, -0.2) is 43.5 Å². The number of hydrogen-bond acceptors (Lipinski definition) is 4. The summed E-state index contributed by atoms with van der Waals surface area (Å²) in [4.78, 5) is 14.0. The minimum atomic E-state index is 0.141. The summed E-state index contributed by atoms with van der Waals surface area (Å²) in [5.74, 6) is 0.141. The second-order valence-corrected chi connectivity index (χ2v) is 3.93. The average Bonchev–Trinajstić information content (AvgIpc) is 2.31. The molecule has 0 spiro atoms. The summed E-state index contributed by atoms with van der Waals surface area (Å²) in [6.07, 6.45) is 0. The smallest absolute Gasteiger partial charge is 0.176 e. The van der Waals surface area contributed by atoms with Crippen LogP contribution in [0.2, 0.25) is 0 Å². The van der Waals surface area contributed by atoms with Gasteiger partial charge in [-0.15, -0.1) is 0 Å². The van der Waals surface area contributed by atoms with Crippen molar-refractivity contribution in [2.45, 2.75) is 0 Å². The molecule has 0 amide bonds. The SMILES string of the molecule is Nc1ccc(C(=O)CN2CCOCC2)cc1. The highest BCUT2D eigenvalue weighted by atomic mass is 16.5. The Morgan fingerprint density at radius 3 is 2.50 bits per heavy atom. The number of carbonyl (C=O) groups is 1. The molecule has 0 atom stereocenters. The van der Waals surface area contributed by atoms with Crippen molar-refractivity contribution in [3.05, 3.63) is 29.8 Å². The zero-order valence-corrected chi connectivity index (χ0v) is 9.19. The van der Waals surface area contributed by atoms with E-state index in [1.807, 2.05) is 0 Å². The van der Waals surface area contributed by atoms with E-state index in [2.05, 4.69) is 4.90 Å². The summed E-state index contributed by atoms with van der Waals surface area (Å²) in [5.41, 5.74) is 6.98. The molecule has 1 saturated heterocycles. The molecule has 0 unspecified atom stereocenters. The van der Waals surface area contributed by atoms with Crippen LogP contribution in [0.25, 0.3) is 0 Å². The maximum absolute atomic E-state index is 11.9. The number of morpholine rings is 1. The molecule has 0 aromatic heterocycles. The molecular formula is C12H16N2O2. The first-order chi connectivity index (χ1) is 7.75. The molecule has 1 heterocycles. The molecule has 1 aliphatic rings. The second-order valence-electron chi connectivity index (χ2n) is 3.93. The summed E-state index contributed by atoms with van der Waals surface area (Å²) in [6.45, 7) is 3.57. The van der Waals surface area contributed by atoms with E-state index in [-0.39, 0.29) is 5.78 Å². The van der Waals surface area contributed by atoms with Crippen LogP contribution >= 0.6 is 0 Å². The van der Waals surface area contributed by atoms with Crippen LogP contribution in [0.1, 0.15) is 10.4 Å². The highest BCUT2D eigenvalue weighted by Gasteiger charge is 2.14. The number of Topliss-reactive ketones (excluding diaryl/α,β-unsaturated/α-hetero) is 1. The van der Waals surface area contributed by atoms with Gasteiger partial charge in [0.15, 0.2) is 5.78 Å². The van der Waals surface area contributed by atoms with E-state index in [1.165, 1.54) is 0 Å². The molecule has 1 aromatic carbocycles. The van der Waals surface area contributed by atoms with Crippen molar-refractivity contribution < 1.29 is 9.53 Å². The minimum absolute atomic E-state index is 0.141. The van der Waals surface area contributed by atoms with Gasteiger partial charge < -0.3 is 10.5 Å². The van der Waals surface area contributed by atoms with Crippen molar-refractivity contribution in [1.82, 2.24) is 4.90 Å². The molecule has 0 saturated carbocycles. The first-order valence-electron chi connectivity index (χ1n) is 5.44. The Balaban J connectivity index is 1.94. The first kappa shape index (κ1) is 11.1. The van der Waals surface area contributed by atoms with Crippen molar-refractivity contribution in [3.8, 4) is 0 Å². The molecule has 4 nitrogen and oxygen atoms in total. The van der Waals surface area contributed by atoms with Gasteiger partial charge in [-0.2, -0.15) is 0 Å². The molecule has 1 aromatic rings. The summed E-state index contributed by atoms with van der Waals surface area (Å²) >= 11 is 0. The average molecular weight is 220 g/mol. The van der Waals surface area contributed by atoms with Crippen LogP contribution in [0, 0.1) is 0 Å². The third kappa shape index (κ3) is 2.81. The van der Waals surface area contributed by atoms with E-state index in [0.717, 1.165) is 31.9 Å². The molecule has 0 bridgehead atoms. The molecule has 1 fully saturated rings. The van der Waals surface area contributed by atoms with Crippen LogP contribution < -0.4 is 5.73 Å². The van der Waals surface area contributed by atoms with Crippen molar-refractivity contribution in [2.24, 2.45) is 0 Å². The van der Waals surface area contributed by atoms with Gasteiger partial charge in [0, 0.05) is 24.3 Å². The Kier molecular flexibility index (Phi) is 3.54. The van der Waals surface area contributed by atoms with Crippen LogP contribution in [0.3, 0.4) is 0 Å². The van der Waals surface area contributed by atoms with E-state index in [9.17, 15) is 4.79 Å². The predicted molar refractivity (Wildman–Crippen MR) is 62.4 cm³/mol. The summed E-state index contributed by atoms with van der Waals surface area (Å²) in [6, 6.07) is 7.06. The van der Waals surface area contributed by atoms with E-state index in [1.54, 1.807) is 24.3 Å². The number of nitrogens with zero attached hydrogens (tertiary/aromatic N) is 1. The topological polar surface area (TPSA) is 55.6 Å². The fraction of sp³-hybridized carbons (Fsp3) is 0.417. The lowest BCUT2D eigenvalue weighted by Crippen LogP contribution is -2.39. The number of rotatable bonds is 3. The normalized spacial score (nSPS) is 17.2. The number of ether oxygens (including phenoxy) is 1. The Labute approximate surface area is 95.0 Å². The zero-order chi connectivity index (χ0) is 11.4. The van der Waals surface area contributed by atoms with Crippen LogP contribution in [-0.2, 0) is 4.74 Å².